The van der Waals surface area contributed by atoms with Crippen LogP contribution in [0.2, 0.25) is 0 Å². The maximum Gasteiger partial charge on any atom is 0.246 e. The van der Waals surface area contributed by atoms with Crippen molar-refractivity contribution in [3.05, 3.63) is 11.8 Å². The van der Waals surface area contributed by atoms with Crippen LogP contribution in [0.3, 0.4) is 0 Å². The van der Waals surface area contributed by atoms with Gasteiger partial charge in [-0.1, -0.05) is 0 Å². The first-order chi connectivity index (χ1) is 12.3. The van der Waals surface area contributed by atoms with Gasteiger partial charge in [0.05, 0.1) is 18.6 Å². The third kappa shape index (κ3) is 4.44. The van der Waals surface area contributed by atoms with Crippen molar-refractivity contribution < 1.29 is 17.9 Å². The highest BCUT2D eigenvalue weighted by atomic mass is 32.2. The molecular formula is C17H28N4O4S. The second-order valence-corrected chi connectivity index (χ2v) is 9.24. The zero-order valence-electron chi connectivity index (χ0n) is 15.7. The van der Waals surface area contributed by atoms with E-state index in [4.69, 9.17) is 4.74 Å². The summed E-state index contributed by atoms with van der Waals surface area (Å²) in [6.07, 6.45) is 4.82. The Morgan fingerprint density at radius 2 is 2.08 bits per heavy atom. The number of amides is 1. The topological polar surface area (TPSA) is 84.7 Å². The van der Waals surface area contributed by atoms with Gasteiger partial charge in [-0.15, -0.1) is 0 Å². The van der Waals surface area contributed by atoms with E-state index in [1.54, 1.807) is 16.6 Å². The van der Waals surface area contributed by atoms with E-state index in [-0.39, 0.29) is 12.5 Å². The number of sulfonamides is 1. The summed E-state index contributed by atoms with van der Waals surface area (Å²) in [4.78, 5) is 14.7. The number of nitrogens with zero attached hydrogens (tertiary/aromatic N) is 4. The summed E-state index contributed by atoms with van der Waals surface area (Å²) >= 11 is 0. The van der Waals surface area contributed by atoms with E-state index >= 15 is 0 Å². The number of ether oxygens (including phenoxy) is 1. The molecule has 0 unspecified atom stereocenters. The van der Waals surface area contributed by atoms with E-state index in [0.29, 0.717) is 37.9 Å². The molecule has 2 aliphatic rings. The van der Waals surface area contributed by atoms with Crippen molar-refractivity contribution in [3.8, 4) is 0 Å². The second-order valence-electron chi connectivity index (χ2n) is 7.31. The van der Waals surface area contributed by atoms with E-state index in [1.165, 1.54) is 17.1 Å². The number of piperidine rings is 1. The average Bonchev–Trinajstić information content (AvgIpc) is 3.31. The molecule has 1 aliphatic heterocycles. The molecule has 0 radical (unpaired) electrons. The van der Waals surface area contributed by atoms with Gasteiger partial charge < -0.3 is 4.74 Å². The van der Waals surface area contributed by atoms with Crippen LogP contribution in [-0.4, -0.2) is 67.0 Å². The second kappa shape index (κ2) is 7.66. The lowest BCUT2D eigenvalue weighted by Crippen LogP contribution is -2.55. The quantitative estimate of drug-likeness (QED) is 0.622. The Labute approximate surface area is 155 Å². The predicted octanol–water partition coefficient (Wildman–Crippen LogP) is 0.912. The van der Waals surface area contributed by atoms with Gasteiger partial charge in [-0.05, 0) is 38.5 Å². The van der Waals surface area contributed by atoms with Gasteiger partial charge in [0.1, 0.15) is 11.9 Å². The lowest BCUT2D eigenvalue weighted by Gasteiger charge is -2.37. The van der Waals surface area contributed by atoms with Crippen LogP contribution in [-0.2, 0) is 26.6 Å². The molecule has 2 fully saturated rings. The van der Waals surface area contributed by atoms with Crippen LogP contribution >= 0.6 is 0 Å². The molecule has 26 heavy (non-hydrogen) atoms. The van der Waals surface area contributed by atoms with Gasteiger partial charge in [-0.3, -0.25) is 14.4 Å². The molecule has 1 amide bonds. The number of hydrogen-bond acceptors (Lipinski definition) is 5. The molecule has 1 aliphatic carbocycles. The minimum absolute atomic E-state index is 0.188. The van der Waals surface area contributed by atoms with E-state index in [2.05, 4.69) is 5.10 Å². The van der Waals surface area contributed by atoms with E-state index in [0.717, 1.165) is 18.4 Å². The van der Waals surface area contributed by atoms with E-state index in [1.807, 2.05) is 13.0 Å². The summed E-state index contributed by atoms with van der Waals surface area (Å²) < 4.78 is 33.2. The molecule has 1 saturated carbocycles. The molecule has 146 valence electrons. The number of anilines is 1. The van der Waals surface area contributed by atoms with Crippen molar-refractivity contribution in [2.24, 2.45) is 13.0 Å². The first-order valence-electron chi connectivity index (χ1n) is 9.14. The molecule has 1 atom stereocenters. The highest BCUT2D eigenvalue weighted by Crippen LogP contribution is 2.29. The van der Waals surface area contributed by atoms with E-state index < -0.39 is 16.1 Å². The summed E-state index contributed by atoms with van der Waals surface area (Å²) in [6, 6.07) is 1.17. The molecular weight excluding hydrogens is 356 g/mol. The fourth-order valence-electron chi connectivity index (χ4n) is 3.44. The van der Waals surface area contributed by atoms with Crippen molar-refractivity contribution in [2.75, 3.05) is 37.5 Å². The molecule has 9 heteroatoms. The molecule has 0 bridgehead atoms. The third-order valence-corrected chi connectivity index (χ3v) is 6.23. The molecule has 2 heterocycles. The van der Waals surface area contributed by atoms with Gasteiger partial charge in [-0.2, -0.15) is 9.40 Å². The molecule has 8 nitrogen and oxygen atoms in total. The minimum atomic E-state index is -3.51. The average molecular weight is 385 g/mol. The lowest BCUT2D eigenvalue weighted by molar-refractivity contribution is -0.123. The molecule has 1 aromatic heterocycles. The number of aromatic nitrogens is 2. The Hall–Kier alpha value is -1.45. The Morgan fingerprint density at radius 1 is 1.35 bits per heavy atom. The van der Waals surface area contributed by atoms with Crippen LogP contribution in [0, 0.1) is 12.8 Å². The van der Waals surface area contributed by atoms with Crippen molar-refractivity contribution in [3.63, 3.8) is 0 Å². The maximum absolute atomic E-state index is 13.1. The summed E-state index contributed by atoms with van der Waals surface area (Å²) in [5.41, 5.74) is 0.825. The maximum atomic E-state index is 13.1. The largest absolute Gasteiger partial charge is 0.380 e. The monoisotopic (exact) mass is 384 g/mol. The lowest BCUT2D eigenvalue weighted by atomic mass is 10.0. The summed E-state index contributed by atoms with van der Waals surface area (Å²) in [7, 11) is -1.72. The Kier molecular flexibility index (Phi) is 5.69. The van der Waals surface area contributed by atoms with Crippen LogP contribution < -0.4 is 4.90 Å². The SMILES string of the molecule is Cc1cc(N2CCC[C@@H](N(CCOCC3CC3)S(C)(=O)=O)C2=O)n(C)n1. The summed E-state index contributed by atoms with van der Waals surface area (Å²) in [5, 5.41) is 4.29. The summed E-state index contributed by atoms with van der Waals surface area (Å²) in [5.74, 6) is 1.14. The Bertz CT molecular complexity index is 757. The van der Waals surface area contributed by atoms with Crippen LogP contribution in [0.5, 0.6) is 0 Å². The van der Waals surface area contributed by atoms with Crippen LogP contribution in [0.4, 0.5) is 5.82 Å². The zero-order valence-corrected chi connectivity index (χ0v) is 16.5. The fraction of sp³-hybridized carbons (Fsp3) is 0.765. The molecule has 0 N–H and O–H groups in total. The van der Waals surface area contributed by atoms with Crippen LogP contribution in [0.25, 0.3) is 0 Å². The van der Waals surface area contributed by atoms with Crippen molar-refractivity contribution in [2.45, 2.75) is 38.6 Å². The van der Waals surface area contributed by atoms with Gasteiger partial charge in [0.25, 0.3) is 0 Å². The normalized spacial score (nSPS) is 21.6. The van der Waals surface area contributed by atoms with Gasteiger partial charge in [0.2, 0.25) is 15.9 Å². The fourth-order valence-corrected chi connectivity index (χ4v) is 4.51. The molecule has 0 aromatic carbocycles. The highest BCUT2D eigenvalue weighted by molar-refractivity contribution is 7.88. The van der Waals surface area contributed by atoms with Crippen LogP contribution in [0.1, 0.15) is 31.4 Å². The van der Waals surface area contributed by atoms with Crippen molar-refractivity contribution in [1.29, 1.82) is 0 Å². The standard InChI is InChI=1S/C17H28N4O4S/c1-13-11-16(19(2)18-13)20-8-4-5-15(17(20)22)21(26(3,23)24)9-10-25-12-14-6-7-14/h11,14-15H,4-10,12H2,1-3H3/t15-/m1/s1. The number of carbonyl (C=O) groups excluding carboxylic acids is 1. The summed E-state index contributed by atoms with van der Waals surface area (Å²) in [6.45, 7) is 3.65. The first-order valence-corrected chi connectivity index (χ1v) is 11.0. The van der Waals surface area contributed by atoms with Gasteiger partial charge in [0, 0.05) is 32.8 Å². The highest BCUT2D eigenvalue weighted by Gasteiger charge is 2.38. The molecule has 0 spiro atoms. The number of hydrogen-bond donors (Lipinski definition) is 0. The third-order valence-electron chi connectivity index (χ3n) is 4.94. The molecule has 1 aromatic rings. The van der Waals surface area contributed by atoms with Crippen LogP contribution in [0.15, 0.2) is 6.07 Å². The Morgan fingerprint density at radius 3 is 2.65 bits per heavy atom. The van der Waals surface area contributed by atoms with E-state index in [9.17, 15) is 13.2 Å². The minimum Gasteiger partial charge on any atom is -0.380 e. The Balaban J connectivity index is 1.72. The van der Waals surface area contributed by atoms with Crippen molar-refractivity contribution >= 4 is 21.7 Å². The van der Waals surface area contributed by atoms with Gasteiger partial charge in [-0.25, -0.2) is 8.42 Å². The zero-order chi connectivity index (χ0) is 18.9. The van der Waals surface area contributed by atoms with Gasteiger partial charge >= 0.3 is 0 Å². The molecule has 3 rings (SSSR count). The number of carbonyl (C=O) groups is 1. The number of aryl methyl sites for hydroxylation is 2. The number of rotatable bonds is 8. The predicted molar refractivity (Wildman–Crippen MR) is 98.4 cm³/mol. The van der Waals surface area contributed by atoms with Gasteiger partial charge in [0.15, 0.2) is 0 Å². The molecule has 1 saturated heterocycles. The smallest absolute Gasteiger partial charge is 0.246 e. The first kappa shape index (κ1) is 19.3. The van der Waals surface area contributed by atoms with Crippen molar-refractivity contribution in [1.82, 2.24) is 14.1 Å².